The molecule has 1 atom stereocenters. The molecule has 0 saturated carbocycles. The predicted octanol–water partition coefficient (Wildman–Crippen LogP) is 2.85. The van der Waals surface area contributed by atoms with Crippen molar-refractivity contribution in [3.63, 3.8) is 0 Å². The van der Waals surface area contributed by atoms with Gasteiger partial charge < -0.3 is 10.6 Å². The number of hydrogen-bond acceptors (Lipinski definition) is 2. The van der Waals surface area contributed by atoms with Crippen LogP contribution in [0.25, 0.3) is 0 Å². The molecule has 0 radical (unpaired) electrons. The maximum Gasteiger partial charge on any atom is 0.227 e. The molecule has 1 saturated heterocycles. The van der Waals surface area contributed by atoms with Crippen LogP contribution in [0.4, 0.5) is 0 Å². The van der Waals surface area contributed by atoms with E-state index in [1.807, 2.05) is 0 Å². The van der Waals surface area contributed by atoms with Crippen molar-refractivity contribution in [3.05, 3.63) is 0 Å². The van der Waals surface area contributed by atoms with Crippen molar-refractivity contribution in [1.82, 2.24) is 10.6 Å². The molecule has 1 aliphatic heterocycles. The van der Waals surface area contributed by atoms with Gasteiger partial charge in [-0.1, -0.05) is 34.1 Å². The van der Waals surface area contributed by atoms with Gasteiger partial charge in [0.25, 0.3) is 0 Å². The molecule has 1 heterocycles. The Morgan fingerprint density at radius 1 is 1.22 bits per heavy atom. The van der Waals surface area contributed by atoms with Crippen molar-refractivity contribution >= 4 is 5.91 Å². The van der Waals surface area contributed by atoms with E-state index in [1.165, 1.54) is 0 Å². The Hall–Kier alpha value is -0.570. The van der Waals surface area contributed by atoms with E-state index in [2.05, 4.69) is 38.3 Å². The van der Waals surface area contributed by atoms with Gasteiger partial charge in [0.1, 0.15) is 0 Å². The van der Waals surface area contributed by atoms with Crippen LogP contribution >= 0.6 is 0 Å². The molecule has 0 aromatic heterocycles. The standard InChI is InChI=1S/C15H30N2O/c1-5-9-14(10-11-16-12-14)13(18)17-15(6-2,7-3)8-4/h16H,5-12H2,1-4H3,(H,17,18). The molecular formula is C15H30N2O. The smallest absolute Gasteiger partial charge is 0.227 e. The number of amides is 1. The van der Waals surface area contributed by atoms with Crippen molar-refractivity contribution in [3.8, 4) is 0 Å². The van der Waals surface area contributed by atoms with Crippen LogP contribution in [0.5, 0.6) is 0 Å². The van der Waals surface area contributed by atoms with E-state index in [9.17, 15) is 4.79 Å². The minimum atomic E-state index is -0.153. The fourth-order valence-corrected chi connectivity index (χ4v) is 3.13. The van der Waals surface area contributed by atoms with Crippen LogP contribution in [0.3, 0.4) is 0 Å². The predicted molar refractivity (Wildman–Crippen MR) is 76.6 cm³/mol. The van der Waals surface area contributed by atoms with Crippen LogP contribution in [0.1, 0.15) is 66.2 Å². The molecule has 1 aliphatic rings. The number of carbonyl (C=O) groups is 1. The zero-order valence-electron chi connectivity index (χ0n) is 12.6. The minimum Gasteiger partial charge on any atom is -0.350 e. The van der Waals surface area contributed by atoms with E-state index in [0.29, 0.717) is 0 Å². The second-order valence-corrected chi connectivity index (χ2v) is 5.75. The molecule has 106 valence electrons. The van der Waals surface area contributed by atoms with E-state index in [-0.39, 0.29) is 16.9 Å². The second-order valence-electron chi connectivity index (χ2n) is 5.75. The van der Waals surface area contributed by atoms with Crippen molar-refractivity contribution < 1.29 is 4.79 Å². The number of nitrogens with one attached hydrogen (secondary N) is 2. The number of hydrogen-bond donors (Lipinski definition) is 2. The lowest BCUT2D eigenvalue weighted by Crippen LogP contribution is -2.53. The average Bonchev–Trinajstić information content (AvgIpc) is 2.86. The Kier molecular flexibility index (Phi) is 5.64. The Morgan fingerprint density at radius 2 is 1.83 bits per heavy atom. The van der Waals surface area contributed by atoms with Crippen molar-refractivity contribution in [2.24, 2.45) is 5.41 Å². The summed E-state index contributed by atoms with van der Waals surface area (Å²) >= 11 is 0. The average molecular weight is 254 g/mol. The molecule has 0 spiro atoms. The van der Waals surface area contributed by atoms with Crippen LogP contribution in [0, 0.1) is 5.41 Å². The summed E-state index contributed by atoms with van der Waals surface area (Å²) in [7, 11) is 0. The monoisotopic (exact) mass is 254 g/mol. The van der Waals surface area contributed by atoms with Gasteiger partial charge >= 0.3 is 0 Å². The van der Waals surface area contributed by atoms with Gasteiger partial charge in [-0.25, -0.2) is 0 Å². The molecule has 0 bridgehead atoms. The molecule has 18 heavy (non-hydrogen) atoms. The normalized spacial score (nSPS) is 24.2. The maximum absolute atomic E-state index is 12.7. The minimum absolute atomic E-state index is 0.000411. The van der Waals surface area contributed by atoms with E-state index >= 15 is 0 Å². The first-order valence-corrected chi connectivity index (χ1v) is 7.61. The Morgan fingerprint density at radius 3 is 2.22 bits per heavy atom. The molecular weight excluding hydrogens is 224 g/mol. The Bertz CT molecular complexity index is 257. The van der Waals surface area contributed by atoms with Crippen molar-refractivity contribution in [2.75, 3.05) is 13.1 Å². The molecule has 2 N–H and O–H groups in total. The molecule has 1 unspecified atom stereocenters. The first-order valence-electron chi connectivity index (χ1n) is 7.61. The van der Waals surface area contributed by atoms with Crippen LogP contribution < -0.4 is 10.6 Å². The summed E-state index contributed by atoms with van der Waals surface area (Å²) in [6, 6.07) is 0. The lowest BCUT2D eigenvalue weighted by atomic mass is 9.79. The van der Waals surface area contributed by atoms with Gasteiger partial charge in [0.05, 0.1) is 5.41 Å². The van der Waals surface area contributed by atoms with Crippen molar-refractivity contribution in [1.29, 1.82) is 0 Å². The molecule has 3 heteroatoms. The zero-order chi connectivity index (χ0) is 13.6. The highest BCUT2D eigenvalue weighted by Crippen LogP contribution is 2.33. The zero-order valence-corrected chi connectivity index (χ0v) is 12.6. The maximum atomic E-state index is 12.7. The van der Waals surface area contributed by atoms with Crippen LogP contribution in [-0.2, 0) is 4.79 Å². The first kappa shape index (κ1) is 15.5. The molecule has 1 rings (SSSR count). The van der Waals surface area contributed by atoms with Gasteiger partial charge in [-0.3, -0.25) is 4.79 Å². The first-order chi connectivity index (χ1) is 8.58. The van der Waals surface area contributed by atoms with E-state index in [1.54, 1.807) is 0 Å². The highest BCUT2D eigenvalue weighted by molar-refractivity contribution is 5.84. The quantitative estimate of drug-likeness (QED) is 0.733. The summed E-state index contributed by atoms with van der Waals surface area (Å²) in [5, 5.41) is 6.73. The summed E-state index contributed by atoms with van der Waals surface area (Å²) in [5.41, 5.74) is -0.153. The number of carbonyl (C=O) groups excluding carboxylic acids is 1. The van der Waals surface area contributed by atoms with Gasteiger partial charge in [0.2, 0.25) is 5.91 Å². The highest BCUT2D eigenvalue weighted by Gasteiger charge is 2.42. The molecule has 0 aromatic carbocycles. The summed E-state index contributed by atoms with van der Waals surface area (Å²) in [4.78, 5) is 12.7. The number of rotatable bonds is 7. The van der Waals surface area contributed by atoms with Crippen molar-refractivity contribution in [2.45, 2.75) is 71.8 Å². The SMILES string of the molecule is CCCC1(C(=O)NC(CC)(CC)CC)CCNC1. The van der Waals surface area contributed by atoms with Gasteiger partial charge in [-0.2, -0.15) is 0 Å². The fourth-order valence-electron chi connectivity index (χ4n) is 3.13. The topological polar surface area (TPSA) is 41.1 Å². The highest BCUT2D eigenvalue weighted by atomic mass is 16.2. The summed E-state index contributed by atoms with van der Waals surface area (Å²) in [5.74, 6) is 0.278. The Balaban J connectivity index is 2.78. The summed E-state index contributed by atoms with van der Waals surface area (Å²) in [6.45, 7) is 10.5. The lowest BCUT2D eigenvalue weighted by molar-refractivity contribution is -0.132. The van der Waals surface area contributed by atoms with E-state index < -0.39 is 0 Å². The summed E-state index contributed by atoms with van der Waals surface area (Å²) in [6.07, 6.45) is 6.11. The third-order valence-corrected chi connectivity index (χ3v) is 4.86. The fraction of sp³-hybridized carbons (Fsp3) is 0.933. The van der Waals surface area contributed by atoms with Gasteiger partial charge in [-0.15, -0.1) is 0 Å². The molecule has 1 fully saturated rings. The lowest BCUT2D eigenvalue weighted by Gasteiger charge is -2.37. The molecule has 3 nitrogen and oxygen atoms in total. The van der Waals surface area contributed by atoms with Gasteiger partial charge in [-0.05, 0) is 38.6 Å². The van der Waals surface area contributed by atoms with Gasteiger partial charge in [0, 0.05) is 12.1 Å². The third kappa shape index (κ3) is 3.05. The molecule has 1 amide bonds. The van der Waals surface area contributed by atoms with E-state index in [0.717, 1.165) is 51.6 Å². The Labute approximate surface area is 112 Å². The molecule has 0 aromatic rings. The van der Waals surface area contributed by atoms with Gasteiger partial charge in [0.15, 0.2) is 0 Å². The largest absolute Gasteiger partial charge is 0.350 e. The third-order valence-electron chi connectivity index (χ3n) is 4.86. The second kappa shape index (κ2) is 6.55. The van der Waals surface area contributed by atoms with E-state index in [4.69, 9.17) is 0 Å². The van der Waals surface area contributed by atoms with Crippen LogP contribution in [-0.4, -0.2) is 24.5 Å². The summed E-state index contributed by atoms with van der Waals surface area (Å²) < 4.78 is 0. The molecule has 0 aliphatic carbocycles. The van der Waals surface area contributed by atoms with Crippen LogP contribution in [0.2, 0.25) is 0 Å². The van der Waals surface area contributed by atoms with Crippen LogP contribution in [0.15, 0.2) is 0 Å².